The summed E-state index contributed by atoms with van der Waals surface area (Å²) in [6.07, 6.45) is 0. The lowest BCUT2D eigenvalue weighted by molar-refractivity contribution is -0.118. The van der Waals surface area contributed by atoms with E-state index in [-0.39, 0.29) is 23.3 Å². The summed E-state index contributed by atoms with van der Waals surface area (Å²) in [6, 6.07) is 20.0. The molecule has 34 heavy (non-hydrogen) atoms. The van der Waals surface area contributed by atoms with Crippen molar-refractivity contribution in [1.82, 2.24) is 5.32 Å². The Morgan fingerprint density at radius 3 is 2.06 bits per heavy atom. The van der Waals surface area contributed by atoms with Gasteiger partial charge in [0.15, 0.2) is 0 Å². The lowest BCUT2D eigenvalue weighted by Gasteiger charge is -2.22. The molecule has 0 saturated carbocycles. The summed E-state index contributed by atoms with van der Waals surface area (Å²) in [6.45, 7) is 5.64. The van der Waals surface area contributed by atoms with Gasteiger partial charge < -0.3 is 20.7 Å². The third kappa shape index (κ3) is 6.22. The van der Waals surface area contributed by atoms with Crippen LogP contribution in [0.25, 0.3) is 0 Å². The van der Waals surface area contributed by atoms with Crippen molar-refractivity contribution in [3.63, 3.8) is 0 Å². The number of carbonyl (C=O) groups excluding carboxylic acids is 3. The molecule has 3 N–H and O–H groups in total. The van der Waals surface area contributed by atoms with Crippen molar-refractivity contribution in [3.8, 4) is 5.75 Å². The van der Waals surface area contributed by atoms with Crippen LogP contribution in [0.2, 0.25) is 0 Å². The second-order valence-electron chi connectivity index (χ2n) is 8.28. The topological polar surface area (TPSA) is 96.5 Å². The molecule has 0 heterocycles. The van der Waals surface area contributed by atoms with Gasteiger partial charge in [0, 0.05) is 11.3 Å². The molecular weight excluding hydrogens is 430 g/mol. The summed E-state index contributed by atoms with van der Waals surface area (Å²) < 4.78 is 5.13. The average molecular weight is 460 g/mol. The highest BCUT2D eigenvalue weighted by Crippen LogP contribution is 2.19. The van der Waals surface area contributed by atoms with Crippen LogP contribution in [-0.4, -0.2) is 30.9 Å². The lowest BCUT2D eigenvalue weighted by Crippen LogP contribution is -2.47. The van der Waals surface area contributed by atoms with Crippen molar-refractivity contribution in [2.45, 2.75) is 26.8 Å². The standard InChI is InChI=1S/C27H29N3O4/c1-17(2)24(27(33)28-20-13-15-21(34-4)16-14-20)30-26(32)22-7-5-6-8-23(22)29-25(31)19-11-9-18(3)10-12-19/h5-17,24H,1-4H3,(H,28,33)(H,29,31)(H,30,32)/t24-/m1/s1. The van der Waals surface area contributed by atoms with E-state index in [2.05, 4.69) is 16.0 Å². The molecule has 3 aromatic rings. The number of nitrogens with one attached hydrogen (secondary N) is 3. The minimum Gasteiger partial charge on any atom is -0.497 e. The van der Waals surface area contributed by atoms with Gasteiger partial charge in [-0.15, -0.1) is 0 Å². The Morgan fingerprint density at radius 2 is 1.44 bits per heavy atom. The van der Waals surface area contributed by atoms with Crippen molar-refractivity contribution in [2.75, 3.05) is 17.7 Å². The van der Waals surface area contributed by atoms with E-state index < -0.39 is 11.9 Å². The number of hydrogen-bond donors (Lipinski definition) is 3. The van der Waals surface area contributed by atoms with Crippen molar-refractivity contribution in [1.29, 1.82) is 0 Å². The fourth-order valence-corrected chi connectivity index (χ4v) is 3.34. The van der Waals surface area contributed by atoms with Crippen LogP contribution in [0.4, 0.5) is 11.4 Å². The van der Waals surface area contributed by atoms with E-state index in [4.69, 9.17) is 4.74 Å². The highest BCUT2D eigenvalue weighted by Gasteiger charge is 2.26. The summed E-state index contributed by atoms with van der Waals surface area (Å²) in [5.41, 5.74) is 2.76. The maximum atomic E-state index is 13.1. The van der Waals surface area contributed by atoms with Crippen LogP contribution in [0.3, 0.4) is 0 Å². The third-order valence-electron chi connectivity index (χ3n) is 5.33. The first-order valence-electron chi connectivity index (χ1n) is 11.0. The summed E-state index contributed by atoms with van der Waals surface area (Å²) in [4.78, 5) is 38.7. The molecule has 0 bridgehead atoms. The second-order valence-corrected chi connectivity index (χ2v) is 8.28. The molecule has 0 aromatic heterocycles. The molecule has 0 unspecified atom stereocenters. The van der Waals surface area contributed by atoms with Crippen LogP contribution in [0.5, 0.6) is 5.75 Å². The molecule has 176 valence electrons. The maximum Gasteiger partial charge on any atom is 0.255 e. The quantitative estimate of drug-likeness (QED) is 0.457. The predicted octanol–water partition coefficient (Wildman–Crippen LogP) is 4.65. The Morgan fingerprint density at radius 1 is 0.794 bits per heavy atom. The number of anilines is 2. The van der Waals surface area contributed by atoms with Crippen LogP contribution in [0.15, 0.2) is 72.8 Å². The highest BCUT2D eigenvalue weighted by molar-refractivity contribution is 6.10. The van der Waals surface area contributed by atoms with Crippen molar-refractivity contribution >= 4 is 29.1 Å². The Bertz CT molecular complexity index is 1160. The molecule has 0 aliphatic carbocycles. The molecule has 0 spiro atoms. The van der Waals surface area contributed by atoms with Gasteiger partial charge in [-0.2, -0.15) is 0 Å². The monoisotopic (exact) mass is 459 g/mol. The van der Waals surface area contributed by atoms with Crippen LogP contribution in [-0.2, 0) is 4.79 Å². The van der Waals surface area contributed by atoms with Gasteiger partial charge in [0.2, 0.25) is 5.91 Å². The van der Waals surface area contributed by atoms with Gasteiger partial charge in [-0.05, 0) is 61.4 Å². The summed E-state index contributed by atoms with van der Waals surface area (Å²) in [5, 5.41) is 8.43. The van der Waals surface area contributed by atoms with Gasteiger partial charge >= 0.3 is 0 Å². The largest absolute Gasteiger partial charge is 0.497 e. The van der Waals surface area contributed by atoms with Gasteiger partial charge in [-0.25, -0.2) is 0 Å². The summed E-state index contributed by atoms with van der Waals surface area (Å²) >= 11 is 0. The molecule has 1 atom stereocenters. The number of carbonyl (C=O) groups is 3. The zero-order valence-electron chi connectivity index (χ0n) is 19.7. The lowest BCUT2D eigenvalue weighted by atomic mass is 10.0. The minimum atomic E-state index is -0.782. The zero-order chi connectivity index (χ0) is 24.7. The van der Waals surface area contributed by atoms with Crippen molar-refractivity contribution in [3.05, 3.63) is 89.5 Å². The van der Waals surface area contributed by atoms with E-state index in [1.165, 1.54) is 0 Å². The Labute approximate surface area is 199 Å². The molecule has 7 heteroatoms. The number of benzene rings is 3. The van der Waals surface area contributed by atoms with Crippen LogP contribution >= 0.6 is 0 Å². The number of para-hydroxylation sites is 1. The van der Waals surface area contributed by atoms with Crippen LogP contribution < -0.4 is 20.7 Å². The van der Waals surface area contributed by atoms with Gasteiger partial charge in [-0.1, -0.05) is 43.7 Å². The normalized spacial score (nSPS) is 11.4. The van der Waals surface area contributed by atoms with Crippen molar-refractivity contribution < 1.29 is 19.1 Å². The molecule has 3 rings (SSSR count). The van der Waals surface area contributed by atoms with E-state index in [1.54, 1.807) is 67.8 Å². The van der Waals surface area contributed by atoms with E-state index in [1.807, 2.05) is 32.9 Å². The SMILES string of the molecule is COc1ccc(NC(=O)[C@H](NC(=O)c2ccccc2NC(=O)c2ccc(C)cc2)C(C)C)cc1. The van der Waals surface area contributed by atoms with E-state index in [9.17, 15) is 14.4 Å². The molecule has 0 saturated heterocycles. The Hall–Kier alpha value is -4.13. The third-order valence-corrected chi connectivity index (χ3v) is 5.33. The number of rotatable bonds is 8. The zero-order valence-corrected chi connectivity index (χ0v) is 19.7. The van der Waals surface area contributed by atoms with Crippen LogP contribution in [0.1, 0.15) is 40.1 Å². The highest BCUT2D eigenvalue weighted by atomic mass is 16.5. The first-order chi connectivity index (χ1) is 16.3. The fraction of sp³-hybridized carbons (Fsp3) is 0.222. The summed E-state index contributed by atoms with van der Waals surface area (Å²) in [5.74, 6) is -0.608. The van der Waals surface area contributed by atoms with Gasteiger partial charge in [0.1, 0.15) is 11.8 Å². The first-order valence-corrected chi connectivity index (χ1v) is 11.0. The molecular formula is C27H29N3O4. The minimum absolute atomic E-state index is 0.170. The van der Waals surface area contributed by atoms with E-state index in [0.29, 0.717) is 22.7 Å². The van der Waals surface area contributed by atoms with Gasteiger partial charge in [0.05, 0.1) is 18.4 Å². The van der Waals surface area contributed by atoms with Gasteiger partial charge in [0.25, 0.3) is 11.8 Å². The number of hydrogen-bond acceptors (Lipinski definition) is 4. The number of ether oxygens (including phenoxy) is 1. The number of amides is 3. The Kier molecular flexibility index (Phi) is 8.03. The van der Waals surface area contributed by atoms with E-state index >= 15 is 0 Å². The molecule has 7 nitrogen and oxygen atoms in total. The molecule has 0 aliphatic rings. The number of aryl methyl sites for hydroxylation is 1. The Balaban J connectivity index is 1.74. The molecule has 0 aliphatic heterocycles. The van der Waals surface area contributed by atoms with Crippen molar-refractivity contribution in [2.24, 2.45) is 5.92 Å². The molecule has 3 amide bonds. The first kappa shape index (κ1) is 24.5. The predicted molar refractivity (Wildman–Crippen MR) is 133 cm³/mol. The van der Waals surface area contributed by atoms with E-state index in [0.717, 1.165) is 5.56 Å². The smallest absolute Gasteiger partial charge is 0.255 e. The fourth-order valence-electron chi connectivity index (χ4n) is 3.34. The second kappa shape index (κ2) is 11.1. The summed E-state index contributed by atoms with van der Waals surface area (Å²) in [7, 11) is 1.57. The number of methoxy groups -OCH3 is 1. The maximum absolute atomic E-state index is 13.1. The van der Waals surface area contributed by atoms with Gasteiger partial charge in [-0.3, -0.25) is 14.4 Å². The molecule has 3 aromatic carbocycles. The average Bonchev–Trinajstić information content (AvgIpc) is 2.83. The molecule has 0 radical (unpaired) electrons. The molecule has 0 fully saturated rings. The van der Waals surface area contributed by atoms with Crippen LogP contribution in [0, 0.1) is 12.8 Å².